The lowest BCUT2D eigenvalue weighted by Crippen LogP contribution is -2.31. The van der Waals surface area contributed by atoms with E-state index >= 15 is 0 Å². The van der Waals surface area contributed by atoms with Gasteiger partial charge >= 0.3 is 0 Å². The van der Waals surface area contributed by atoms with Crippen LogP contribution in [-0.2, 0) is 12.0 Å². The maximum absolute atomic E-state index is 13.5. The zero-order valence-corrected chi connectivity index (χ0v) is 23.4. The summed E-state index contributed by atoms with van der Waals surface area (Å²) in [5, 5.41) is 13.4. The van der Waals surface area contributed by atoms with Gasteiger partial charge in [0.05, 0.1) is 41.0 Å². The molecule has 0 fully saturated rings. The minimum absolute atomic E-state index is 0.0495. The third-order valence-electron chi connectivity index (χ3n) is 5.86. The molecular weight excluding hydrogens is 526 g/mol. The van der Waals surface area contributed by atoms with E-state index < -0.39 is 5.41 Å². The number of benzene rings is 2. The van der Waals surface area contributed by atoms with Gasteiger partial charge in [0.25, 0.3) is 5.91 Å². The van der Waals surface area contributed by atoms with Crippen LogP contribution in [0.1, 0.15) is 78.9 Å². The Morgan fingerprint density at radius 2 is 1.89 bits per heavy atom. The number of ketones is 1. The predicted octanol–water partition coefficient (Wildman–Crippen LogP) is 4.99. The molecule has 1 aliphatic rings. The van der Waals surface area contributed by atoms with E-state index in [0.29, 0.717) is 41.4 Å². The fourth-order valence-electron chi connectivity index (χ4n) is 4.18. The minimum Gasteiger partial charge on any atom is -0.504 e. The highest BCUT2D eigenvalue weighted by atomic mass is 79.9. The third kappa shape index (κ3) is 5.67. The molecule has 0 radical (unpaired) electrons. The Kier molecular flexibility index (Phi) is 8.33. The molecule has 1 amide bonds. The summed E-state index contributed by atoms with van der Waals surface area (Å²) in [6, 6.07) is 6.91. The number of amides is 1. The lowest BCUT2D eigenvalue weighted by Gasteiger charge is -2.24. The number of carbonyl (C=O) groups excluding carboxylic acids is 2. The molecule has 1 heterocycles. The predicted molar refractivity (Wildman–Crippen MR) is 144 cm³/mol. The van der Waals surface area contributed by atoms with E-state index in [2.05, 4.69) is 25.5 Å². The van der Waals surface area contributed by atoms with Gasteiger partial charge in [-0.25, -0.2) is 0 Å². The smallest absolute Gasteiger partial charge is 0.254 e. The van der Waals surface area contributed by atoms with Gasteiger partial charge in [-0.15, -0.1) is 0 Å². The summed E-state index contributed by atoms with van der Waals surface area (Å²) in [6.07, 6.45) is -0.164. The molecule has 0 spiro atoms. The fraction of sp³-hybridized carbons (Fsp3) is 0.444. The Labute approximate surface area is 221 Å². The molecule has 194 valence electrons. The number of aromatic hydroxyl groups is 1. The SMILES string of the molecule is CCOc1cc2c(cc1C(=O)NC)/C(=N/Br)N(CC(=O)c1cc(OC(C)C)c(O)c(C(C)(C)C)c1)C2. The van der Waals surface area contributed by atoms with Crippen LogP contribution in [0.25, 0.3) is 0 Å². The number of phenolic OH excluding ortho intramolecular Hbond substituents is 1. The quantitative estimate of drug-likeness (QED) is 0.442. The van der Waals surface area contributed by atoms with Crippen LogP contribution < -0.4 is 14.8 Å². The third-order valence-corrected chi connectivity index (χ3v) is 6.20. The van der Waals surface area contributed by atoms with Crippen molar-refractivity contribution in [3.8, 4) is 17.2 Å². The van der Waals surface area contributed by atoms with Crippen molar-refractivity contribution in [1.82, 2.24) is 10.2 Å². The van der Waals surface area contributed by atoms with E-state index in [-0.39, 0.29) is 35.8 Å². The molecular formula is C27H34BrN3O5. The molecule has 1 aliphatic heterocycles. The molecule has 9 heteroatoms. The van der Waals surface area contributed by atoms with Crippen LogP contribution in [0.5, 0.6) is 17.2 Å². The van der Waals surface area contributed by atoms with Crippen LogP contribution in [0.2, 0.25) is 0 Å². The Morgan fingerprint density at radius 3 is 2.44 bits per heavy atom. The van der Waals surface area contributed by atoms with Gasteiger partial charge in [-0.3, -0.25) is 9.59 Å². The Balaban J connectivity index is 1.97. The van der Waals surface area contributed by atoms with Crippen molar-refractivity contribution in [3.63, 3.8) is 0 Å². The van der Waals surface area contributed by atoms with Crippen LogP contribution in [0, 0.1) is 0 Å². The number of hydrogen-bond donors (Lipinski definition) is 2. The maximum Gasteiger partial charge on any atom is 0.254 e. The van der Waals surface area contributed by atoms with Gasteiger partial charge in [-0.05, 0) is 56.0 Å². The van der Waals surface area contributed by atoms with E-state index in [1.807, 2.05) is 52.5 Å². The molecule has 2 N–H and O–H groups in total. The Morgan fingerprint density at radius 1 is 1.19 bits per heavy atom. The number of Topliss-reactive ketones (excluding diaryl/α,β-unsaturated/α-hetero) is 1. The van der Waals surface area contributed by atoms with Crippen LogP contribution in [0.4, 0.5) is 0 Å². The Bertz CT molecular complexity index is 1200. The van der Waals surface area contributed by atoms with E-state index in [9.17, 15) is 14.7 Å². The van der Waals surface area contributed by atoms with Crippen molar-refractivity contribution < 1.29 is 24.2 Å². The summed E-state index contributed by atoms with van der Waals surface area (Å²) in [5.41, 5.74) is 2.75. The van der Waals surface area contributed by atoms with Gasteiger partial charge in [-0.1, -0.05) is 20.8 Å². The monoisotopic (exact) mass is 559 g/mol. The van der Waals surface area contributed by atoms with Gasteiger partial charge in [-0.2, -0.15) is 4.02 Å². The van der Waals surface area contributed by atoms with Gasteiger partial charge in [0.15, 0.2) is 17.3 Å². The summed E-state index contributed by atoms with van der Waals surface area (Å²) in [5.74, 6) is 0.973. The fourth-order valence-corrected chi connectivity index (χ4v) is 4.59. The number of phenols is 1. The number of fused-ring (bicyclic) bond motifs is 1. The molecule has 36 heavy (non-hydrogen) atoms. The molecule has 0 atom stereocenters. The van der Waals surface area contributed by atoms with Crippen molar-refractivity contribution in [3.05, 3.63) is 52.1 Å². The standard InChI is InChI=1S/C27H34BrN3O5/c1-8-35-22-11-17-13-31(25(30-28)18(17)12-19(22)26(34)29-7)14-21(32)16-9-20(27(4,5)6)24(33)23(10-16)36-15(2)3/h9-12,15,33H,8,13-14H2,1-7H3,(H,29,34)/b30-25-. The van der Waals surface area contributed by atoms with E-state index in [1.54, 1.807) is 25.2 Å². The van der Waals surface area contributed by atoms with E-state index in [1.165, 1.54) is 0 Å². The zero-order valence-electron chi connectivity index (χ0n) is 21.9. The molecule has 8 nitrogen and oxygen atoms in total. The number of hydrogen-bond acceptors (Lipinski definition) is 6. The number of rotatable bonds is 8. The Hall–Kier alpha value is -3.07. The molecule has 0 bridgehead atoms. The van der Waals surface area contributed by atoms with Gasteiger partial charge in [0.1, 0.15) is 11.6 Å². The number of amidine groups is 1. The zero-order chi connectivity index (χ0) is 26.8. The number of ether oxygens (including phenoxy) is 2. The first-order chi connectivity index (χ1) is 16.9. The lowest BCUT2D eigenvalue weighted by molar-refractivity contribution is 0.0952. The van der Waals surface area contributed by atoms with Gasteiger partial charge in [0.2, 0.25) is 0 Å². The second-order valence-electron chi connectivity index (χ2n) is 9.99. The number of halogens is 1. The highest BCUT2D eigenvalue weighted by molar-refractivity contribution is 9.08. The minimum atomic E-state index is -0.395. The van der Waals surface area contributed by atoms with Crippen molar-refractivity contribution >= 4 is 33.7 Å². The van der Waals surface area contributed by atoms with Gasteiger partial charge < -0.3 is 24.8 Å². The van der Waals surface area contributed by atoms with Crippen molar-refractivity contribution in [2.45, 2.75) is 59.6 Å². The second-order valence-corrected chi connectivity index (χ2v) is 10.3. The largest absolute Gasteiger partial charge is 0.504 e. The highest BCUT2D eigenvalue weighted by Gasteiger charge is 2.31. The molecule has 0 unspecified atom stereocenters. The average Bonchev–Trinajstić information content (AvgIpc) is 3.13. The molecule has 2 aromatic carbocycles. The van der Waals surface area contributed by atoms with E-state index in [4.69, 9.17) is 9.47 Å². The molecule has 2 aromatic rings. The summed E-state index contributed by atoms with van der Waals surface area (Å²) >= 11 is 3.20. The highest BCUT2D eigenvalue weighted by Crippen LogP contribution is 2.40. The van der Waals surface area contributed by atoms with Crippen LogP contribution in [0.15, 0.2) is 28.3 Å². The van der Waals surface area contributed by atoms with Crippen molar-refractivity contribution in [1.29, 1.82) is 0 Å². The normalized spacial score (nSPS) is 14.2. The summed E-state index contributed by atoms with van der Waals surface area (Å²) < 4.78 is 15.8. The number of carbonyl (C=O) groups is 2. The number of nitrogens with zero attached hydrogens (tertiary/aromatic N) is 2. The van der Waals surface area contributed by atoms with E-state index in [0.717, 1.165) is 11.1 Å². The molecule has 0 saturated carbocycles. The average molecular weight is 560 g/mol. The number of nitrogens with one attached hydrogen (secondary N) is 1. The molecule has 3 rings (SSSR count). The lowest BCUT2D eigenvalue weighted by atomic mass is 9.84. The molecule has 0 saturated heterocycles. The maximum atomic E-state index is 13.5. The first-order valence-corrected chi connectivity index (χ1v) is 12.7. The van der Waals surface area contributed by atoms with Crippen molar-refractivity contribution in [2.75, 3.05) is 20.2 Å². The van der Waals surface area contributed by atoms with Crippen LogP contribution in [0.3, 0.4) is 0 Å². The molecule has 0 aromatic heterocycles. The first-order valence-electron chi connectivity index (χ1n) is 11.9. The second kappa shape index (κ2) is 10.9. The first kappa shape index (κ1) is 27.5. The topological polar surface area (TPSA) is 100 Å². The van der Waals surface area contributed by atoms with Gasteiger partial charge in [0, 0.05) is 30.3 Å². The summed E-state index contributed by atoms with van der Waals surface area (Å²) in [4.78, 5) is 27.8. The summed E-state index contributed by atoms with van der Waals surface area (Å²) in [6.45, 7) is 12.4. The van der Waals surface area contributed by atoms with Crippen LogP contribution in [-0.4, -0.2) is 53.8 Å². The molecule has 0 aliphatic carbocycles. The summed E-state index contributed by atoms with van der Waals surface area (Å²) in [7, 11) is 1.57. The van der Waals surface area contributed by atoms with Crippen LogP contribution >= 0.6 is 16.1 Å². The van der Waals surface area contributed by atoms with Crippen molar-refractivity contribution in [2.24, 2.45) is 4.02 Å².